The number of anilines is 1. The van der Waals surface area contributed by atoms with Crippen LogP contribution in [0.3, 0.4) is 0 Å². The topological polar surface area (TPSA) is 99.0 Å². The number of hydrogen-bond donors (Lipinski definition) is 1. The van der Waals surface area contributed by atoms with Crippen LogP contribution in [-0.2, 0) is 9.53 Å². The van der Waals surface area contributed by atoms with Crippen molar-refractivity contribution in [1.29, 1.82) is 0 Å². The van der Waals surface area contributed by atoms with Crippen LogP contribution in [0.25, 0.3) is 11.4 Å². The van der Waals surface area contributed by atoms with E-state index < -0.39 is 0 Å². The molecule has 9 nitrogen and oxygen atoms in total. The molecule has 2 aliphatic rings. The number of nitrogens with zero attached hydrogens (tertiary/aromatic N) is 3. The van der Waals surface area contributed by atoms with E-state index >= 15 is 0 Å². The number of carbonyl (C=O) groups excluding carboxylic acids is 1. The molecule has 1 amide bonds. The minimum Gasteiger partial charge on any atom is -0.493 e. The first kappa shape index (κ1) is 21.4. The molecular formula is C22H30N4O5. The molecule has 2 aliphatic heterocycles. The number of carbonyl (C=O) groups is 1. The molecule has 1 atom stereocenters. The summed E-state index contributed by atoms with van der Waals surface area (Å²) in [6, 6.07) is 6.03. The Labute approximate surface area is 182 Å². The molecule has 4 rings (SSSR count). The van der Waals surface area contributed by atoms with E-state index in [2.05, 4.69) is 15.5 Å². The normalized spacial score (nSPS) is 19.4. The van der Waals surface area contributed by atoms with Gasteiger partial charge in [-0.3, -0.25) is 4.79 Å². The van der Waals surface area contributed by atoms with Crippen molar-refractivity contribution in [1.82, 2.24) is 15.5 Å². The number of rotatable bonds is 8. The van der Waals surface area contributed by atoms with Gasteiger partial charge in [-0.15, -0.1) is 0 Å². The second-order valence-electron chi connectivity index (χ2n) is 7.84. The molecule has 0 unspecified atom stereocenters. The SMILES string of the molecule is CCOc1ccc(-c2noc(N3CCC(C(=O)NC[C@H]4CCCO4)CC3)n2)cc1OC. The van der Waals surface area contributed by atoms with Crippen LogP contribution < -0.4 is 19.7 Å². The number of benzene rings is 1. The summed E-state index contributed by atoms with van der Waals surface area (Å²) >= 11 is 0. The number of hydrogen-bond acceptors (Lipinski definition) is 8. The van der Waals surface area contributed by atoms with Gasteiger partial charge in [-0.1, -0.05) is 5.16 Å². The standard InChI is InChI=1S/C22H30N4O5/c1-3-29-18-7-6-16(13-19(18)28-2)20-24-22(31-25-20)26-10-8-15(9-11-26)21(27)23-14-17-5-4-12-30-17/h6-7,13,15,17H,3-5,8-12,14H2,1-2H3,(H,23,27)/t17-/m1/s1. The first-order valence-corrected chi connectivity index (χ1v) is 11.0. The molecule has 0 radical (unpaired) electrons. The first-order valence-electron chi connectivity index (χ1n) is 11.0. The second-order valence-corrected chi connectivity index (χ2v) is 7.84. The molecule has 3 heterocycles. The molecule has 1 aromatic carbocycles. The summed E-state index contributed by atoms with van der Waals surface area (Å²) in [6.45, 7) is 5.30. The average molecular weight is 431 g/mol. The maximum Gasteiger partial charge on any atom is 0.324 e. The van der Waals surface area contributed by atoms with Crippen LogP contribution in [0, 0.1) is 5.92 Å². The van der Waals surface area contributed by atoms with Gasteiger partial charge in [0.15, 0.2) is 11.5 Å². The summed E-state index contributed by atoms with van der Waals surface area (Å²) in [5.41, 5.74) is 0.790. The third-order valence-electron chi connectivity index (χ3n) is 5.80. The lowest BCUT2D eigenvalue weighted by molar-refractivity contribution is -0.126. The Morgan fingerprint density at radius 3 is 2.81 bits per heavy atom. The number of piperidine rings is 1. The van der Waals surface area contributed by atoms with Crippen LogP contribution in [0.15, 0.2) is 22.7 Å². The summed E-state index contributed by atoms with van der Waals surface area (Å²) in [7, 11) is 1.60. The van der Waals surface area contributed by atoms with E-state index in [0.29, 0.717) is 49.6 Å². The van der Waals surface area contributed by atoms with Gasteiger partial charge in [0.2, 0.25) is 11.7 Å². The predicted molar refractivity (Wildman–Crippen MR) is 114 cm³/mol. The van der Waals surface area contributed by atoms with Crippen LogP contribution in [-0.4, -0.2) is 62.1 Å². The Hall–Kier alpha value is -2.81. The van der Waals surface area contributed by atoms with Gasteiger partial charge in [-0.2, -0.15) is 4.98 Å². The third-order valence-corrected chi connectivity index (χ3v) is 5.80. The molecular weight excluding hydrogens is 400 g/mol. The largest absolute Gasteiger partial charge is 0.493 e. The first-order chi connectivity index (χ1) is 15.2. The van der Waals surface area contributed by atoms with Crippen molar-refractivity contribution in [2.45, 2.75) is 38.7 Å². The minimum atomic E-state index is 0.00964. The van der Waals surface area contributed by atoms with Crippen molar-refractivity contribution in [2.75, 3.05) is 44.9 Å². The van der Waals surface area contributed by atoms with Crippen molar-refractivity contribution in [3.8, 4) is 22.9 Å². The average Bonchev–Trinajstić information content (AvgIpc) is 3.50. The highest BCUT2D eigenvalue weighted by Crippen LogP contribution is 2.32. The minimum absolute atomic E-state index is 0.00964. The maximum atomic E-state index is 12.5. The molecule has 2 saturated heterocycles. The lowest BCUT2D eigenvalue weighted by Gasteiger charge is -2.29. The van der Waals surface area contributed by atoms with Crippen molar-refractivity contribution in [3.63, 3.8) is 0 Å². The lowest BCUT2D eigenvalue weighted by Crippen LogP contribution is -2.42. The van der Waals surface area contributed by atoms with Crippen LogP contribution >= 0.6 is 0 Å². The zero-order valence-electron chi connectivity index (χ0n) is 18.1. The third kappa shape index (κ3) is 5.10. The molecule has 0 bridgehead atoms. The number of nitrogens with one attached hydrogen (secondary N) is 1. The highest BCUT2D eigenvalue weighted by Gasteiger charge is 2.28. The van der Waals surface area contributed by atoms with Gasteiger partial charge in [0.25, 0.3) is 0 Å². The summed E-state index contributed by atoms with van der Waals surface area (Å²) < 4.78 is 22.0. The Morgan fingerprint density at radius 2 is 2.10 bits per heavy atom. The van der Waals surface area contributed by atoms with E-state index in [9.17, 15) is 4.79 Å². The summed E-state index contributed by atoms with van der Waals surface area (Å²) in [6.07, 6.45) is 3.78. The maximum absolute atomic E-state index is 12.5. The molecule has 0 aliphatic carbocycles. The highest BCUT2D eigenvalue weighted by molar-refractivity contribution is 5.79. The highest BCUT2D eigenvalue weighted by atomic mass is 16.5. The van der Waals surface area contributed by atoms with Gasteiger partial charge in [-0.05, 0) is 50.8 Å². The van der Waals surface area contributed by atoms with Crippen molar-refractivity contribution in [3.05, 3.63) is 18.2 Å². The van der Waals surface area contributed by atoms with Gasteiger partial charge in [0.1, 0.15) is 0 Å². The molecule has 1 N–H and O–H groups in total. The Kier molecular flexibility index (Phi) is 6.91. The number of aromatic nitrogens is 2. The lowest BCUT2D eigenvalue weighted by atomic mass is 9.96. The van der Waals surface area contributed by atoms with E-state index in [-0.39, 0.29) is 17.9 Å². The van der Waals surface area contributed by atoms with Gasteiger partial charge >= 0.3 is 6.01 Å². The van der Waals surface area contributed by atoms with Crippen molar-refractivity contribution >= 4 is 11.9 Å². The quantitative estimate of drug-likeness (QED) is 0.682. The zero-order chi connectivity index (χ0) is 21.6. The van der Waals surface area contributed by atoms with E-state index in [4.69, 9.17) is 18.7 Å². The Balaban J connectivity index is 1.32. The zero-order valence-corrected chi connectivity index (χ0v) is 18.1. The van der Waals surface area contributed by atoms with Gasteiger partial charge in [-0.25, -0.2) is 0 Å². The summed E-state index contributed by atoms with van der Waals surface area (Å²) in [5.74, 6) is 1.92. The monoisotopic (exact) mass is 430 g/mol. The fourth-order valence-corrected chi connectivity index (χ4v) is 4.04. The molecule has 9 heteroatoms. The fraction of sp³-hybridized carbons (Fsp3) is 0.591. The predicted octanol–water partition coefficient (Wildman–Crippen LogP) is 2.66. The fourth-order valence-electron chi connectivity index (χ4n) is 4.04. The summed E-state index contributed by atoms with van der Waals surface area (Å²) in [4.78, 5) is 19.0. The molecule has 2 fully saturated rings. The number of amides is 1. The van der Waals surface area contributed by atoms with Crippen LogP contribution in [0.1, 0.15) is 32.6 Å². The van der Waals surface area contributed by atoms with Gasteiger partial charge in [0.05, 0.1) is 19.8 Å². The van der Waals surface area contributed by atoms with Crippen molar-refractivity contribution < 1.29 is 23.5 Å². The molecule has 31 heavy (non-hydrogen) atoms. The van der Waals surface area contributed by atoms with Crippen molar-refractivity contribution in [2.24, 2.45) is 5.92 Å². The smallest absolute Gasteiger partial charge is 0.324 e. The van der Waals surface area contributed by atoms with E-state index in [1.165, 1.54) is 0 Å². The molecule has 0 saturated carbocycles. The number of ether oxygens (including phenoxy) is 3. The molecule has 168 valence electrons. The molecule has 0 spiro atoms. The van der Waals surface area contributed by atoms with Crippen LogP contribution in [0.5, 0.6) is 11.5 Å². The van der Waals surface area contributed by atoms with E-state index in [1.807, 2.05) is 30.0 Å². The van der Waals surface area contributed by atoms with Crippen LogP contribution in [0.2, 0.25) is 0 Å². The van der Waals surface area contributed by atoms with E-state index in [0.717, 1.165) is 37.9 Å². The Morgan fingerprint density at radius 1 is 1.26 bits per heavy atom. The Bertz CT molecular complexity index is 873. The van der Waals surface area contributed by atoms with Gasteiger partial charge < -0.3 is 29.0 Å². The van der Waals surface area contributed by atoms with Crippen LogP contribution in [0.4, 0.5) is 6.01 Å². The van der Waals surface area contributed by atoms with Gasteiger partial charge in [0, 0.05) is 37.7 Å². The molecule has 2 aromatic rings. The number of methoxy groups -OCH3 is 1. The molecule has 1 aromatic heterocycles. The second kappa shape index (κ2) is 10.00. The van der Waals surface area contributed by atoms with E-state index in [1.54, 1.807) is 7.11 Å². The summed E-state index contributed by atoms with van der Waals surface area (Å²) in [5, 5.41) is 7.17.